The van der Waals surface area contributed by atoms with Crippen molar-refractivity contribution in [2.45, 2.75) is 18.5 Å². The van der Waals surface area contributed by atoms with Gasteiger partial charge in [0.2, 0.25) is 6.43 Å². The van der Waals surface area contributed by atoms with Gasteiger partial charge in [0.15, 0.2) is 0 Å². The molecule has 2 N–H and O–H groups in total. The van der Waals surface area contributed by atoms with Gasteiger partial charge in [-0.25, -0.2) is 8.78 Å². The lowest BCUT2D eigenvalue weighted by atomic mass is 9.97. The monoisotopic (exact) mass is 273 g/mol. The molecule has 0 radical (unpaired) electrons. The van der Waals surface area contributed by atoms with Crippen LogP contribution in [0.25, 0.3) is 0 Å². The van der Waals surface area contributed by atoms with Crippen molar-refractivity contribution in [2.24, 2.45) is 5.73 Å². The van der Waals surface area contributed by atoms with Gasteiger partial charge in [-0.15, -0.1) is 0 Å². The SMILES string of the molecule is NCC(c1cc(C(F)(F)F)ccc1Cl)C(F)F. The molecule has 0 aromatic heterocycles. The van der Waals surface area contributed by atoms with E-state index in [9.17, 15) is 22.0 Å². The van der Waals surface area contributed by atoms with Gasteiger partial charge in [-0.05, 0) is 23.8 Å². The van der Waals surface area contributed by atoms with E-state index in [1.165, 1.54) is 0 Å². The van der Waals surface area contributed by atoms with Crippen molar-refractivity contribution in [2.75, 3.05) is 6.54 Å². The Labute approximate surface area is 99.4 Å². The molecule has 0 fully saturated rings. The summed E-state index contributed by atoms with van der Waals surface area (Å²) in [6.07, 6.45) is -7.46. The topological polar surface area (TPSA) is 26.0 Å². The lowest BCUT2D eigenvalue weighted by Gasteiger charge is -2.17. The van der Waals surface area contributed by atoms with Crippen molar-refractivity contribution >= 4 is 11.6 Å². The second kappa shape index (κ2) is 5.18. The average molecular weight is 274 g/mol. The molecule has 1 nitrogen and oxygen atoms in total. The molecule has 0 amide bonds. The van der Waals surface area contributed by atoms with Crippen LogP contribution in [0.3, 0.4) is 0 Å². The molecule has 0 aliphatic heterocycles. The Morgan fingerprint density at radius 1 is 1.24 bits per heavy atom. The highest BCUT2D eigenvalue weighted by Gasteiger charge is 2.32. The highest BCUT2D eigenvalue weighted by molar-refractivity contribution is 6.31. The van der Waals surface area contributed by atoms with Gasteiger partial charge in [-0.2, -0.15) is 13.2 Å². The van der Waals surface area contributed by atoms with Crippen LogP contribution in [0.4, 0.5) is 22.0 Å². The molecule has 0 bridgehead atoms. The number of hydrogen-bond donors (Lipinski definition) is 1. The Morgan fingerprint density at radius 2 is 1.82 bits per heavy atom. The minimum absolute atomic E-state index is 0.145. The normalized spacial score (nSPS) is 14.1. The second-order valence-corrected chi connectivity index (χ2v) is 3.82. The number of benzene rings is 1. The highest BCUT2D eigenvalue weighted by Crippen LogP contribution is 2.35. The summed E-state index contributed by atoms with van der Waals surface area (Å²) in [5, 5.41) is -0.145. The highest BCUT2D eigenvalue weighted by atomic mass is 35.5. The third-order valence-corrected chi connectivity index (χ3v) is 2.63. The van der Waals surface area contributed by atoms with E-state index in [2.05, 4.69) is 0 Å². The van der Waals surface area contributed by atoms with E-state index in [1.807, 2.05) is 0 Å². The molecule has 17 heavy (non-hydrogen) atoms. The molecular weight excluding hydrogens is 265 g/mol. The lowest BCUT2D eigenvalue weighted by Crippen LogP contribution is -2.20. The summed E-state index contributed by atoms with van der Waals surface area (Å²) < 4.78 is 62.4. The van der Waals surface area contributed by atoms with Crippen LogP contribution >= 0.6 is 11.6 Å². The van der Waals surface area contributed by atoms with Gasteiger partial charge in [-0.1, -0.05) is 11.6 Å². The first-order valence-electron chi connectivity index (χ1n) is 4.62. The predicted octanol–water partition coefficient (Wildman–Crippen LogP) is 3.67. The molecule has 0 saturated heterocycles. The molecule has 1 aromatic rings. The zero-order valence-corrected chi connectivity index (χ0v) is 9.19. The van der Waals surface area contributed by atoms with E-state index in [4.69, 9.17) is 17.3 Å². The van der Waals surface area contributed by atoms with Crippen molar-refractivity contribution in [3.05, 3.63) is 34.3 Å². The third kappa shape index (κ3) is 3.29. The average Bonchev–Trinajstić information content (AvgIpc) is 2.19. The zero-order valence-electron chi connectivity index (χ0n) is 8.44. The molecular formula is C10H9ClF5N. The van der Waals surface area contributed by atoms with Crippen molar-refractivity contribution in [1.82, 2.24) is 0 Å². The molecule has 0 heterocycles. The van der Waals surface area contributed by atoms with Crippen LogP contribution in [0.1, 0.15) is 17.0 Å². The van der Waals surface area contributed by atoms with Crippen molar-refractivity contribution in [3.8, 4) is 0 Å². The molecule has 0 aliphatic rings. The smallest absolute Gasteiger partial charge is 0.330 e. The number of halogens is 6. The van der Waals surface area contributed by atoms with Gasteiger partial charge in [0.05, 0.1) is 11.5 Å². The summed E-state index contributed by atoms with van der Waals surface area (Å²) in [5.41, 5.74) is 3.82. The largest absolute Gasteiger partial charge is 0.416 e. The van der Waals surface area contributed by atoms with Crippen LogP contribution in [0, 0.1) is 0 Å². The van der Waals surface area contributed by atoms with E-state index < -0.39 is 30.6 Å². The quantitative estimate of drug-likeness (QED) is 0.836. The lowest BCUT2D eigenvalue weighted by molar-refractivity contribution is -0.137. The van der Waals surface area contributed by atoms with Crippen molar-refractivity contribution in [3.63, 3.8) is 0 Å². The Morgan fingerprint density at radius 3 is 2.24 bits per heavy atom. The van der Waals surface area contributed by atoms with Crippen LogP contribution in [-0.2, 0) is 6.18 Å². The number of rotatable bonds is 3. The molecule has 96 valence electrons. The van der Waals surface area contributed by atoms with Gasteiger partial charge < -0.3 is 5.73 Å². The summed E-state index contributed by atoms with van der Waals surface area (Å²) in [6.45, 7) is -0.474. The first kappa shape index (κ1) is 14.2. The van der Waals surface area contributed by atoms with E-state index in [1.54, 1.807) is 0 Å². The van der Waals surface area contributed by atoms with E-state index in [0.29, 0.717) is 6.07 Å². The zero-order chi connectivity index (χ0) is 13.2. The van der Waals surface area contributed by atoms with Crippen LogP contribution in [0.15, 0.2) is 18.2 Å². The van der Waals surface area contributed by atoms with Crippen molar-refractivity contribution < 1.29 is 22.0 Å². The van der Waals surface area contributed by atoms with Crippen LogP contribution in [0.5, 0.6) is 0 Å². The molecule has 7 heteroatoms. The second-order valence-electron chi connectivity index (χ2n) is 3.41. The van der Waals surface area contributed by atoms with Gasteiger partial charge in [0, 0.05) is 11.6 Å². The number of alkyl halides is 5. The van der Waals surface area contributed by atoms with Gasteiger partial charge in [-0.3, -0.25) is 0 Å². The Bertz CT molecular complexity index is 391. The van der Waals surface area contributed by atoms with Crippen LogP contribution in [-0.4, -0.2) is 13.0 Å². The van der Waals surface area contributed by atoms with Crippen LogP contribution < -0.4 is 5.73 Å². The van der Waals surface area contributed by atoms with E-state index in [0.717, 1.165) is 12.1 Å². The molecule has 0 saturated carbocycles. The minimum Gasteiger partial charge on any atom is -0.330 e. The fraction of sp³-hybridized carbons (Fsp3) is 0.400. The fourth-order valence-corrected chi connectivity index (χ4v) is 1.63. The first-order valence-corrected chi connectivity index (χ1v) is 5.00. The molecule has 0 spiro atoms. The fourth-order valence-electron chi connectivity index (χ4n) is 1.37. The Kier molecular flexibility index (Phi) is 4.32. The van der Waals surface area contributed by atoms with Crippen LogP contribution in [0.2, 0.25) is 5.02 Å². The van der Waals surface area contributed by atoms with Gasteiger partial charge in [0.1, 0.15) is 0 Å². The standard InChI is InChI=1S/C10H9ClF5N/c11-8-2-1-5(10(14,15)16)3-6(8)7(4-17)9(12)13/h1-3,7,9H,4,17H2. The van der Waals surface area contributed by atoms with E-state index >= 15 is 0 Å². The Balaban J connectivity index is 3.23. The maximum Gasteiger partial charge on any atom is 0.416 e. The molecule has 1 atom stereocenters. The Hall–Kier alpha value is -0.880. The molecule has 1 rings (SSSR count). The summed E-state index contributed by atoms with van der Waals surface area (Å²) in [4.78, 5) is 0. The van der Waals surface area contributed by atoms with Gasteiger partial charge >= 0.3 is 6.18 Å². The molecule has 0 aliphatic carbocycles. The summed E-state index contributed by atoms with van der Waals surface area (Å²) in [6, 6.07) is 2.31. The predicted molar refractivity (Wildman–Crippen MR) is 54.3 cm³/mol. The number of nitrogens with two attached hydrogens (primary N) is 1. The van der Waals surface area contributed by atoms with Crippen molar-refractivity contribution in [1.29, 1.82) is 0 Å². The van der Waals surface area contributed by atoms with Gasteiger partial charge in [0.25, 0.3) is 0 Å². The minimum atomic E-state index is -4.60. The first-order chi connectivity index (χ1) is 7.77. The maximum absolute atomic E-state index is 12.6. The number of hydrogen-bond acceptors (Lipinski definition) is 1. The maximum atomic E-state index is 12.6. The third-order valence-electron chi connectivity index (χ3n) is 2.28. The summed E-state index contributed by atoms with van der Waals surface area (Å²) in [5.74, 6) is -1.50. The summed E-state index contributed by atoms with van der Waals surface area (Å²) >= 11 is 5.61. The van der Waals surface area contributed by atoms with E-state index in [-0.39, 0.29) is 10.6 Å². The molecule has 1 unspecified atom stereocenters. The summed E-state index contributed by atoms with van der Waals surface area (Å²) in [7, 11) is 0. The molecule has 1 aromatic carbocycles.